The van der Waals surface area contributed by atoms with E-state index >= 15 is 0 Å². The van der Waals surface area contributed by atoms with Gasteiger partial charge in [-0.05, 0) is 54.5 Å². The smallest absolute Gasteiger partial charge is 0.243 e. The van der Waals surface area contributed by atoms with Gasteiger partial charge in [-0.25, -0.2) is 4.98 Å². The molecule has 1 saturated heterocycles. The highest BCUT2D eigenvalue weighted by atomic mass is 16.2. The van der Waals surface area contributed by atoms with Crippen LogP contribution in [0.4, 0.5) is 5.69 Å². The van der Waals surface area contributed by atoms with Crippen molar-refractivity contribution in [3.8, 4) is 12.3 Å². The van der Waals surface area contributed by atoms with E-state index in [2.05, 4.69) is 44.6 Å². The number of hydrogen-bond acceptors (Lipinski definition) is 5. The van der Waals surface area contributed by atoms with Crippen LogP contribution in [0.5, 0.6) is 0 Å². The highest BCUT2D eigenvalue weighted by Gasteiger charge is 2.35. The first-order chi connectivity index (χ1) is 14.6. The average Bonchev–Trinajstić information content (AvgIpc) is 3.18. The predicted molar refractivity (Wildman–Crippen MR) is 115 cm³/mol. The van der Waals surface area contributed by atoms with Gasteiger partial charge in [0.25, 0.3) is 0 Å². The summed E-state index contributed by atoms with van der Waals surface area (Å²) in [6.45, 7) is 2.38. The number of imide groups is 1. The van der Waals surface area contributed by atoms with E-state index in [-0.39, 0.29) is 17.9 Å². The lowest BCUT2D eigenvalue weighted by Crippen LogP contribution is -2.50. The Balaban J connectivity index is 1.28. The van der Waals surface area contributed by atoms with E-state index in [1.54, 1.807) is 0 Å². The normalized spacial score (nSPS) is 18.6. The highest BCUT2D eigenvalue weighted by molar-refractivity contribution is 6.00. The molecule has 0 saturated carbocycles. The van der Waals surface area contributed by atoms with Crippen molar-refractivity contribution in [3.05, 3.63) is 58.9 Å². The zero-order valence-corrected chi connectivity index (χ0v) is 17.0. The second-order valence-electron chi connectivity index (χ2n) is 7.90. The zero-order valence-electron chi connectivity index (χ0n) is 17.0. The Labute approximate surface area is 177 Å². The van der Waals surface area contributed by atoms with Gasteiger partial charge in [-0.2, -0.15) is 0 Å². The van der Waals surface area contributed by atoms with Crippen molar-refractivity contribution in [2.24, 2.45) is 0 Å². The first kappa shape index (κ1) is 20.1. The summed E-state index contributed by atoms with van der Waals surface area (Å²) in [4.78, 5) is 30.1. The number of rotatable bonds is 7. The Bertz CT molecular complexity index is 978. The van der Waals surface area contributed by atoms with Crippen LogP contribution >= 0.6 is 0 Å². The number of carbonyl (C=O) groups excluding carboxylic acids is 2. The van der Waals surface area contributed by atoms with Gasteiger partial charge in [0.2, 0.25) is 11.8 Å². The summed E-state index contributed by atoms with van der Waals surface area (Å²) in [6.07, 6.45) is 11.3. The number of hydrogen-bond donors (Lipinski definition) is 2. The van der Waals surface area contributed by atoms with Crippen molar-refractivity contribution in [1.82, 2.24) is 15.2 Å². The molecule has 0 spiro atoms. The zero-order chi connectivity index (χ0) is 20.9. The molecule has 2 N–H and O–H groups in total. The third-order valence-electron chi connectivity index (χ3n) is 5.84. The molecular formula is C24H26N4O2. The molecule has 2 aliphatic rings. The Morgan fingerprint density at radius 3 is 2.87 bits per heavy atom. The minimum Gasteiger partial charge on any atom is -0.385 e. The number of fused-ring (bicyclic) bond motifs is 1. The topological polar surface area (TPSA) is 74.3 Å². The molecule has 0 aliphatic carbocycles. The summed E-state index contributed by atoms with van der Waals surface area (Å²) in [5, 5.41) is 6.03. The van der Waals surface area contributed by atoms with Gasteiger partial charge < -0.3 is 5.32 Å². The molecule has 154 valence electrons. The molecule has 1 aromatic carbocycles. The summed E-state index contributed by atoms with van der Waals surface area (Å²) < 4.78 is 0. The van der Waals surface area contributed by atoms with Gasteiger partial charge in [0, 0.05) is 37.9 Å². The Morgan fingerprint density at radius 2 is 2.10 bits per heavy atom. The van der Waals surface area contributed by atoms with Gasteiger partial charge in [-0.15, -0.1) is 6.42 Å². The molecule has 3 heterocycles. The standard InChI is InChI=1S/C24H26N4O2/c1-2-19-10-9-17(14-26-19)6-3-4-13-25-21-8-5-7-18-15-28(16-20(18)21)22-11-12-23(29)27-24(22)30/h1,5,7-10,14,22,25H,3-4,6,11-13,15-16H2,(H,27,29,30). The molecule has 1 fully saturated rings. The fourth-order valence-electron chi connectivity index (χ4n) is 4.20. The molecule has 4 rings (SSSR count). The molecular weight excluding hydrogens is 376 g/mol. The number of nitrogens with one attached hydrogen (secondary N) is 2. The predicted octanol–water partition coefficient (Wildman–Crippen LogP) is 2.62. The first-order valence-electron chi connectivity index (χ1n) is 10.5. The summed E-state index contributed by atoms with van der Waals surface area (Å²) in [5.41, 5.74) is 5.53. The van der Waals surface area contributed by atoms with Crippen LogP contribution in [0.1, 0.15) is 48.1 Å². The fourth-order valence-corrected chi connectivity index (χ4v) is 4.20. The van der Waals surface area contributed by atoms with Gasteiger partial charge in [0.05, 0.1) is 6.04 Å². The van der Waals surface area contributed by atoms with E-state index in [4.69, 9.17) is 6.42 Å². The summed E-state index contributed by atoms with van der Waals surface area (Å²) in [6, 6.07) is 10.00. The highest BCUT2D eigenvalue weighted by Crippen LogP contribution is 2.32. The van der Waals surface area contributed by atoms with Crippen LogP contribution in [0.3, 0.4) is 0 Å². The van der Waals surface area contributed by atoms with E-state index in [1.165, 1.54) is 16.7 Å². The van der Waals surface area contributed by atoms with Crippen LogP contribution in [0, 0.1) is 12.3 Å². The number of amides is 2. The third kappa shape index (κ3) is 4.52. The summed E-state index contributed by atoms with van der Waals surface area (Å²) in [7, 11) is 0. The minimum atomic E-state index is -0.225. The van der Waals surface area contributed by atoms with Crippen molar-refractivity contribution in [2.75, 3.05) is 11.9 Å². The largest absolute Gasteiger partial charge is 0.385 e. The lowest BCUT2D eigenvalue weighted by Gasteiger charge is -2.29. The molecule has 2 amide bonds. The van der Waals surface area contributed by atoms with E-state index in [9.17, 15) is 9.59 Å². The van der Waals surface area contributed by atoms with Crippen molar-refractivity contribution < 1.29 is 9.59 Å². The molecule has 30 heavy (non-hydrogen) atoms. The quantitative estimate of drug-likeness (QED) is 0.423. The van der Waals surface area contributed by atoms with Gasteiger partial charge in [0.1, 0.15) is 5.69 Å². The van der Waals surface area contributed by atoms with Gasteiger partial charge >= 0.3 is 0 Å². The molecule has 1 unspecified atom stereocenters. The van der Waals surface area contributed by atoms with E-state index in [1.807, 2.05) is 18.3 Å². The molecule has 0 radical (unpaired) electrons. The van der Waals surface area contributed by atoms with Crippen molar-refractivity contribution in [3.63, 3.8) is 0 Å². The number of piperidine rings is 1. The number of benzene rings is 1. The first-order valence-corrected chi connectivity index (χ1v) is 10.5. The number of carbonyl (C=O) groups is 2. The number of pyridine rings is 1. The van der Waals surface area contributed by atoms with Crippen LogP contribution in [0.2, 0.25) is 0 Å². The lowest BCUT2D eigenvalue weighted by atomic mass is 10.0. The summed E-state index contributed by atoms with van der Waals surface area (Å²) >= 11 is 0. The molecule has 0 bridgehead atoms. The molecule has 6 nitrogen and oxygen atoms in total. The maximum Gasteiger partial charge on any atom is 0.243 e. The van der Waals surface area contributed by atoms with Crippen molar-refractivity contribution in [2.45, 2.75) is 51.2 Å². The third-order valence-corrected chi connectivity index (χ3v) is 5.84. The van der Waals surface area contributed by atoms with Crippen LogP contribution in [0.15, 0.2) is 36.5 Å². The van der Waals surface area contributed by atoms with Crippen LogP contribution in [0.25, 0.3) is 0 Å². The molecule has 2 aliphatic heterocycles. The number of anilines is 1. The van der Waals surface area contributed by atoms with Gasteiger partial charge in [-0.1, -0.05) is 24.1 Å². The minimum absolute atomic E-state index is 0.168. The van der Waals surface area contributed by atoms with Gasteiger partial charge in [-0.3, -0.25) is 19.8 Å². The number of unbranched alkanes of at least 4 members (excludes halogenated alkanes) is 1. The number of nitrogens with zero attached hydrogens (tertiary/aromatic N) is 2. The molecule has 2 aromatic rings. The Kier molecular flexibility index (Phi) is 6.10. The maximum absolute atomic E-state index is 12.2. The Morgan fingerprint density at radius 1 is 1.20 bits per heavy atom. The SMILES string of the molecule is C#Cc1ccc(CCCCNc2cccc3c2CN(C2CCC(=O)NC2=O)C3)cn1. The van der Waals surface area contributed by atoms with E-state index in [0.29, 0.717) is 18.5 Å². The molecule has 6 heteroatoms. The van der Waals surface area contributed by atoms with Crippen LogP contribution < -0.4 is 10.6 Å². The average molecular weight is 402 g/mol. The molecule has 1 atom stereocenters. The lowest BCUT2D eigenvalue weighted by molar-refractivity contribution is -0.137. The van der Waals surface area contributed by atoms with Crippen LogP contribution in [-0.4, -0.2) is 34.3 Å². The van der Waals surface area contributed by atoms with E-state index in [0.717, 1.165) is 44.6 Å². The van der Waals surface area contributed by atoms with Crippen molar-refractivity contribution in [1.29, 1.82) is 0 Å². The number of terminal acetylenes is 1. The number of aromatic nitrogens is 1. The Hall–Kier alpha value is -3.17. The van der Waals surface area contributed by atoms with Crippen LogP contribution in [-0.2, 0) is 29.1 Å². The second kappa shape index (κ2) is 9.10. The summed E-state index contributed by atoms with van der Waals surface area (Å²) in [5.74, 6) is 2.20. The fraction of sp³-hybridized carbons (Fsp3) is 0.375. The van der Waals surface area contributed by atoms with Gasteiger partial charge in [0.15, 0.2) is 0 Å². The second-order valence-corrected chi connectivity index (χ2v) is 7.90. The maximum atomic E-state index is 12.2. The monoisotopic (exact) mass is 402 g/mol. The van der Waals surface area contributed by atoms with Crippen molar-refractivity contribution >= 4 is 17.5 Å². The molecule has 1 aromatic heterocycles. The van der Waals surface area contributed by atoms with E-state index < -0.39 is 0 Å². The number of aryl methyl sites for hydroxylation is 1.